The minimum atomic E-state index is 0.289. The maximum Gasteiger partial charge on any atom is 0.147 e. The number of piperidine rings is 1. The SMILES string of the molecule is c1ccc(Oc2cccc(CN3CCCC34CCN(c3cnc5ccccc5n3)CC4)c2)cc1. The smallest absolute Gasteiger partial charge is 0.147 e. The molecule has 0 unspecified atom stereocenters. The number of rotatable bonds is 5. The zero-order valence-corrected chi connectivity index (χ0v) is 19.4. The normalized spacial score (nSPS) is 17.9. The molecular formula is C29H30N4O. The monoisotopic (exact) mass is 450 g/mol. The summed E-state index contributed by atoms with van der Waals surface area (Å²) in [6.45, 7) is 4.20. The summed E-state index contributed by atoms with van der Waals surface area (Å²) >= 11 is 0. The van der Waals surface area contributed by atoms with Crippen LogP contribution in [0.1, 0.15) is 31.2 Å². The molecule has 0 bridgehead atoms. The van der Waals surface area contributed by atoms with Crippen LogP contribution in [0.25, 0.3) is 11.0 Å². The van der Waals surface area contributed by atoms with Gasteiger partial charge in [0.15, 0.2) is 0 Å². The Morgan fingerprint density at radius 1 is 0.765 bits per heavy atom. The summed E-state index contributed by atoms with van der Waals surface area (Å²) in [6, 6.07) is 26.7. The molecule has 5 nitrogen and oxygen atoms in total. The third-order valence-corrected chi connectivity index (χ3v) is 7.45. The molecule has 3 aromatic carbocycles. The van der Waals surface area contributed by atoms with Gasteiger partial charge in [-0.1, -0.05) is 42.5 Å². The number of para-hydroxylation sites is 3. The number of benzene rings is 3. The van der Waals surface area contributed by atoms with Crippen molar-refractivity contribution in [1.82, 2.24) is 14.9 Å². The average Bonchev–Trinajstić information content (AvgIpc) is 3.26. The van der Waals surface area contributed by atoms with Crippen LogP contribution >= 0.6 is 0 Å². The fraction of sp³-hybridized carbons (Fsp3) is 0.310. The Kier molecular flexibility index (Phi) is 5.63. The van der Waals surface area contributed by atoms with E-state index in [-0.39, 0.29) is 5.54 Å². The summed E-state index contributed by atoms with van der Waals surface area (Å²) in [5, 5.41) is 0. The Hall–Kier alpha value is -3.44. The van der Waals surface area contributed by atoms with Crippen LogP contribution in [-0.2, 0) is 6.54 Å². The molecule has 4 aromatic rings. The van der Waals surface area contributed by atoms with Crippen molar-refractivity contribution in [3.05, 3.63) is 90.6 Å². The molecule has 1 spiro atoms. The van der Waals surface area contributed by atoms with E-state index in [4.69, 9.17) is 9.72 Å². The van der Waals surface area contributed by atoms with Gasteiger partial charge in [-0.2, -0.15) is 0 Å². The molecule has 6 rings (SSSR count). The van der Waals surface area contributed by atoms with E-state index in [1.54, 1.807) is 0 Å². The van der Waals surface area contributed by atoms with Gasteiger partial charge in [0.25, 0.3) is 0 Å². The molecule has 1 aromatic heterocycles. The summed E-state index contributed by atoms with van der Waals surface area (Å²) in [5.74, 6) is 2.78. The van der Waals surface area contributed by atoms with E-state index in [0.717, 1.165) is 48.0 Å². The average molecular weight is 451 g/mol. The summed E-state index contributed by atoms with van der Waals surface area (Å²) in [6.07, 6.45) is 6.83. The van der Waals surface area contributed by atoms with Crippen molar-refractivity contribution in [3.63, 3.8) is 0 Å². The first-order chi connectivity index (χ1) is 16.8. The molecular weight excluding hydrogens is 420 g/mol. The van der Waals surface area contributed by atoms with E-state index < -0.39 is 0 Å². The molecule has 0 saturated carbocycles. The Balaban J connectivity index is 1.14. The lowest BCUT2D eigenvalue weighted by Crippen LogP contribution is -2.52. The Morgan fingerprint density at radius 3 is 2.38 bits per heavy atom. The number of hydrogen-bond acceptors (Lipinski definition) is 5. The minimum Gasteiger partial charge on any atom is -0.457 e. The van der Waals surface area contributed by atoms with E-state index in [1.165, 1.54) is 37.8 Å². The lowest BCUT2D eigenvalue weighted by molar-refractivity contribution is 0.0996. The highest BCUT2D eigenvalue weighted by atomic mass is 16.5. The Morgan fingerprint density at radius 2 is 1.53 bits per heavy atom. The molecule has 2 aliphatic heterocycles. The summed E-state index contributed by atoms with van der Waals surface area (Å²) in [5.41, 5.74) is 3.54. The fourth-order valence-electron chi connectivity index (χ4n) is 5.61. The number of aromatic nitrogens is 2. The van der Waals surface area contributed by atoms with Gasteiger partial charge in [0.2, 0.25) is 0 Å². The van der Waals surface area contributed by atoms with Crippen molar-refractivity contribution in [2.45, 2.75) is 37.8 Å². The molecule has 5 heteroatoms. The molecule has 34 heavy (non-hydrogen) atoms. The van der Waals surface area contributed by atoms with Crippen molar-refractivity contribution >= 4 is 16.9 Å². The topological polar surface area (TPSA) is 41.5 Å². The predicted octanol–water partition coefficient (Wildman–Crippen LogP) is 6.06. The molecule has 0 aliphatic carbocycles. The van der Waals surface area contributed by atoms with E-state index in [0.29, 0.717) is 0 Å². The molecule has 172 valence electrons. The molecule has 0 radical (unpaired) electrons. The second kappa shape index (κ2) is 9.07. The van der Waals surface area contributed by atoms with Crippen molar-refractivity contribution in [1.29, 1.82) is 0 Å². The van der Waals surface area contributed by atoms with Gasteiger partial charge in [-0.25, -0.2) is 4.98 Å². The van der Waals surface area contributed by atoms with Gasteiger partial charge in [-0.15, -0.1) is 0 Å². The molecule has 0 N–H and O–H groups in total. The predicted molar refractivity (Wildman–Crippen MR) is 136 cm³/mol. The number of nitrogens with zero attached hydrogens (tertiary/aromatic N) is 4. The summed E-state index contributed by atoms with van der Waals surface area (Å²) in [7, 11) is 0. The summed E-state index contributed by atoms with van der Waals surface area (Å²) in [4.78, 5) is 14.6. The van der Waals surface area contributed by atoms with Crippen molar-refractivity contribution in [3.8, 4) is 11.5 Å². The quantitative estimate of drug-likeness (QED) is 0.370. The Bertz CT molecular complexity index is 1270. The van der Waals surface area contributed by atoms with Gasteiger partial charge in [-0.3, -0.25) is 9.88 Å². The van der Waals surface area contributed by atoms with Crippen LogP contribution in [0.2, 0.25) is 0 Å². The molecule has 0 atom stereocenters. The first kappa shape index (κ1) is 21.1. The second-order valence-electron chi connectivity index (χ2n) is 9.52. The van der Waals surface area contributed by atoms with Crippen molar-refractivity contribution in [2.24, 2.45) is 0 Å². The van der Waals surface area contributed by atoms with Crippen LogP contribution in [-0.4, -0.2) is 40.0 Å². The number of ether oxygens (including phenoxy) is 1. The van der Waals surface area contributed by atoms with Crippen molar-refractivity contribution in [2.75, 3.05) is 24.5 Å². The van der Waals surface area contributed by atoms with E-state index >= 15 is 0 Å². The number of likely N-dealkylation sites (tertiary alicyclic amines) is 1. The van der Waals surface area contributed by atoms with E-state index in [9.17, 15) is 0 Å². The maximum absolute atomic E-state index is 6.08. The van der Waals surface area contributed by atoms with Crippen LogP contribution in [0.15, 0.2) is 85.1 Å². The lowest BCUT2D eigenvalue weighted by Gasteiger charge is -2.45. The van der Waals surface area contributed by atoms with Crippen LogP contribution in [0, 0.1) is 0 Å². The number of anilines is 1. The molecule has 2 fully saturated rings. The molecule has 2 saturated heterocycles. The minimum absolute atomic E-state index is 0.289. The zero-order chi connectivity index (χ0) is 22.8. The van der Waals surface area contributed by atoms with Gasteiger partial charge < -0.3 is 9.64 Å². The molecule has 0 amide bonds. The van der Waals surface area contributed by atoms with Crippen LogP contribution < -0.4 is 9.64 Å². The lowest BCUT2D eigenvalue weighted by atomic mass is 9.84. The second-order valence-corrected chi connectivity index (χ2v) is 9.52. The van der Waals surface area contributed by atoms with E-state index in [2.05, 4.69) is 33.0 Å². The van der Waals surface area contributed by atoms with E-state index in [1.807, 2.05) is 66.9 Å². The largest absolute Gasteiger partial charge is 0.457 e. The van der Waals surface area contributed by atoms with Gasteiger partial charge >= 0.3 is 0 Å². The summed E-state index contributed by atoms with van der Waals surface area (Å²) < 4.78 is 6.08. The Labute approximate surface area is 201 Å². The highest BCUT2D eigenvalue weighted by molar-refractivity contribution is 5.75. The highest BCUT2D eigenvalue weighted by Gasteiger charge is 2.43. The van der Waals surface area contributed by atoms with Gasteiger partial charge in [0.05, 0.1) is 17.2 Å². The maximum atomic E-state index is 6.08. The fourth-order valence-corrected chi connectivity index (χ4v) is 5.61. The highest BCUT2D eigenvalue weighted by Crippen LogP contribution is 2.40. The van der Waals surface area contributed by atoms with Crippen LogP contribution in [0.4, 0.5) is 5.82 Å². The van der Waals surface area contributed by atoms with Gasteiger partial charge in [-0.05, 0) is 74.2 Å². The third-order valence-electron chi connectivity index (χ3n) is 7.45. The third kappa shape index (κ3) is 4.24. The number of hydrogen-bond donors (Lipinski definition) is 0. The van der Waals surface area contributed by atoms with Crippen LogP contribution in [0.5, 0.6) is 11.5 Å². The standard InChI is InChI=1S/C29H30N4O/c1-2-9-24(10-3-1)34-25-11-6-8-23(20-25)22-33-17-7-14-29(33)15-18-32(19-16-29)28-21-30-26-12-4-5-13-27(26)31-28/h1-6,8-13,20-21H,7,14-19,22H2. The molecule has 3 heterocycles. The number of fused-ring (bicyclic) bond motifs is 1. The van der Waals surface area contributed by atoms with Crippen LogP contribution in [0.3, 0.4) is 0 Å². The first-order valence-corrected chi connectivity index (χ1v) is 12.3. The van der Waals surface area contributed by atoms with Gasteiger partial charge in [0, 0.05) is 25.2 Å². The zero-order valence-electron chi connectivity index (χ0n) is 19.4. The molecule has 2 aliphatic rings. The van der Waals surface area contributed by atoms with Gasteiger partial charge in [0.1, 0.15) is 17.3 Å². The van der Waals surface area contributed by atoms with Crippen molar-refractivity contribution < 1.29 is 4.74 Å². The first-order valence-electron chi connectivity index (χ1n) is 12.3.